The number of allylic oxidation sites excluding steroid dienone is 2. The molecule has 0 N–H and O–H groups in total. The number of carboxylic acid groups (broad SMARTS) is 1. The predicted molar refractivity (Wildman–Crippen MR) is 89.7 cm³/mol. The van der Waals surface area contributed by atoms with E-state index in [1.54, 1.807) is 12.2 Å². The number of esters is 1. The Balaban J connectivity index is 0. The molecule has 0 saturated heterocycles. The quantitative estimate of drug-likeness (QED) is 0.125. The van der Waals surface area contributed by atoms with Crippen molar-refractivity contribution >= 4 is 23.8 Å². The normalized spacial score (nSPS) is 10.6. The molecule has 0 aliphatic carbocycles. The largest absolute Gasteiger partial charge is 1.00 e. The molecule has 0 aromatic heterocycles. The van der Waals surface area contributed by atoms with Gasteiger partial charge in [-0.25, -0.2) is 0 Å². The van der Waals surface area contributed by atoms with Gasteiger partial charge in [0.2, 0.25) is 11.8 Å². The first kappa shape index (κ1) is 26.5. The van der Waals surface area contributed by atoms with Crippen LogP contribution in [-0.2, 0) is 23.9 Å². The van der Waals surface area contributed by atoms with Crippen LogP contribution in [0, 0.1) is 0 Å². The van der Waals surface area contributed by atoms with Crippen LogP contribution in [0.1, 0.15) is 44.9 Å². The fraction of sp³-hybridized carbons (Fsp3) is 0.444. The summed E-state index contributed by atoms with van der Waals surface area (Å²) in [5, 5.41) is 11.4. The van der Waals surface area contributed by atoms with Crippen LogP contribution in [0.3, 0.4) is 0 Å². The van der Waals surface area contributed by atoms with E-state index < -0.39 is 36.2 Å². The molecule has 138 valence electrons. The van der Waals surface area contributed by atoms with Crippen LogP contribution < -0.4 is 34.7 Å². The van der Waals surface area contributed by atoms with Gasteiger partial charge in [0.25, 0.3) is 0 Å². The van der Waals surface area contributed by atoms with Gasteiger partial charge in [-0.3, -0.25) is 19.3 Å². The minimum absolute atomic E-state index is 0. The summed E-state index contributed by atoms with van der Waals surface area (Å²) in [6, 6.07) is -1.72. The molecule has 1 atom stereocenters. The Morgan fingerprint density at radius 1 is 0.962 bits per heavy atom. The average molecular weight is 373 g/mol. The number of hydrogen-bond donors (Lipinski definition) is 0. The predicted octanol–water partition coefficient (Wildman–Crippen LogP) is -1.75. The molecule has 0 bridgehead atoms. The smallest absolute Gasteiger partial charge is 0.548 e. The number of nitrogens with zero attached hydrogens (tertiary/aromatic N) is 1. The third kappa shape index (κ3) is 10.3. The molecule has 26 heavy (non-hydrogen) atoms. The Morgan fingerprint density at radius 3 is 1.77 bits per heavy atom. The van der Waals surface area contributed by atoms with Gasteiger partial charge < -0.3 is 14.6 Å². The van der Waals surface area contributed by atoms with Crippen LogP contribution in [0.4, 0.5) is 0 Å². The van der Waals surface area contributed by atoms with E-state index in [1.807, 2.05) is 0 Å². The van der Waals surface area contributed by atoms with Crippen molar-refractivity contribution in [2.24, 2.45) is 0 Å². The van der Waals surface area contributed by atoms with Gasteiger partial charge in [-0.05, 0) is 25.7 Å². The summed E-state index contributed by atoms with van der Waals surface area (Å²) in [4.78, 5) is 48.3. The first-order valence-electron chi connectivity index (χ1n) is 7.96. The van der Waals surface area contributed by atoms with Gasteiger partial charge in [-0.2, -0.15) is 0 Å². The van der Waals surface area contributed by atoms with E-state index in [9.17, 15) is 24.3 Å². The maximum atomic E-state index is 12.4. The minimum atomic E-state index is -1.72. The topological polar surface area (TPSA) is 104 Å². The molecule has 0 saturated carbocycles. The number of carbonyl (C=O) groups is 4. The molecule has 2 amide bonds. The molecule has 0 fully saturated rings. The van der Waals surface area contributed by atoms with Crippen LogP contribution in [0.25, 0.3) is 0 Å². The third-order valence-corrected chi connectivity index (χ3v) is 3.29. The fourth-order valence-corrected chi connectivity index (χ4v) is 2.10. The summed E-state index contributed by atoms with van der Waals surface area (Å²) in [6.45, 7) is 10.3. The minimum Gasteiger partial charge on any atom is -0.548 e. The zero-order valence-electron chi connectivity index (χ0n) is 15.3. The maximum Gasteiger partial charge on any atom is 1.00 e. The second-order valence-corrected chi connectivity index (χ2v) is 5.21. The first-order chi connectivity index (χ1) is 11.9. The molecule has 8 heteroatoms. The molecule has 0 heterocycles. The Labute approximate surface area is 176 Å². The number of aliphatic carboxylic acids is 1. The number of rotatable bonds is 13. The molecule has 0 aromatic rings. The van der Waals surface area contributed by atoms with Crippen molar-refractivity contribution in [3.8, 4) is 0 Å². The number of carbonyl (C=O) groups excluding carboxylic acids is 4. The summed E-state index contributed by atoms with van der Waals surface area (Å²) in [5.41, 5.74) is 0. The maximum absolute atomic E-state index is 12.4. The Bertz CT molecular complexity index is 506. The summed E-state index contributed by atoms with van der Waals surface area (Å²) >= 11 is 0. The summed E-state index contributed by atoms with van der Waals surface area (Å²) < 4.78 is 4.49. The van der Waals surface area contributed by atoms with Gasteiger partial charge in [0.05, 0.1) is 24.7 Å². The molecule has 0 aliphatic heterocycles. The van der Waals surface area contributed by atoms with Gasteiger partial charge in [0.15, 0.2) is 0 Å². The van der Waals surface area contributed by atoms with Gasteiger partial charge in [-0.15, -0.1) is 13.2 Å². The van der Waals surface area contributed by atoms with Crippen LogP contribution in [0.2, 0.25) is 0 Å². The standard InChI is InChI=1S/C18H25NO6.Na/c1-4-7-9-11-15(20)19(16(21)12-10-8-5-2)14(18(23)24)13-17(22)25-6-3;/h4-6,14H,1-3,7-13H2,(H,23,24);/q;+1/p-1. The van der Waals surface area contributed by atoms with E-state index in [4.69, 9.17) is 0 Å². The van der Waals surface area contributed by atoms with Crippen LogP contribution in [0.15, 0.2) is 38.2 Å². The van der Waals surface area contributed by atoms with Gasteiger partial charge in [0, 0.05) is 12.8 Å². The van der Waals surface area contributed by atoms with E-state index in [-0.39, 0.29) is 42.4 Å². The second kappa shape index (κ2) is 15.5. The number of carboxylic acids is 1. The van der Waals surface area contributed by atoms with E-state index in [1.165, 1.54) is 0 Å². The third-order valence-electron chi connectivity index (χ3n) is 3.29. The average Bonchev–Trinajstić information content (AvgIpc) is 2.54. The molecule has 0 rings (SSSR count). The first-order valence-corrected chi connectivity index (χ1v) is 7.96. The molecule has 1 unspecified atom stereocenters. The van der Waals surface area contributed by atoms with Crippen molar-refractivity contribution < 1.29 is 58.6 Å². The van der Waals surface area contributed by atoms with Crippen molar-refractivity contribution in [1.82, 2.24) is 4.90 Å². The number of ether oxygens (including phenoxy) is 1. The van der Waals surface area contributed by atoms with Crippen molar-refractivity contribution in [2.75, 3.05) is 0 Å². The number of hydrogen-bond acceptors (Lipinski definition) is 6. The molecular weight excluding hydrogens is 349 g/mol. The molecule has 0 spiro atoms. The monoisotopic (exact) mass is 373 g/mol. The summed E-state index contributed by atoms with van der Waals surface area (Å²) in [5.74, 6) is -3.97. The molecular formula is C18H24NNaO6. The van der Waals surface area contributed by atoms with Crippen LogP contribution in [0.5, 0.6) is 0 Å². The van der Waals surface area contributed by atoms with E-state index in [0.717, 1.165) is 6.26 Å². The fourth-order valence-electron chi connectivity index (χ4n) is 2.10. The van der Waals surface area contributed by atoms with Crippen LogP contribution in [-0.4, -0.2) is 34.7 Å². The van der Waals surface area contributed by atoms with Crippen molar-refractivity contribution in [3.63, 3.8) is 0 Å². The van der Waals surface area contributed by atoms with Gasteiger partial charge >= 0.3 is 35.5 Å². The Kier molecular flexibility index (Phi) is 15.9. The van der Waals surface area contributed by atoms with Crippen LogP contribution >= 0.6 is 0 Å². The molecule has 0 aliphatic rings. The number of imide groups is 1. The van der Waals surface area contributed by atoms with E-state index >= 15 is 0 Å². The molecule has 7 nitrogen and oxygen atoms in total. The van der Waals surface area contributed by atoms with E-state index in [2.05, 4.69) is 24.5 Å². The SMILES string of the molecule is C=CCCCC(=O)N(C(=O)CCCC=C)C(CC(=O)OC=C)C(=O)[O-].[Na+]. The number of amides is 2. The van der Waals surface area contributed by atoms with E-state index in [0.29, 0.717) is 30.6 Å². The zero-order chi connectivity index (χ0) is 19.2. The summed E-state index contributed by atoms with van der Waals surface area (Å²) in [7, 11) is 0. The number of unbranched alkanes of at least 4 members (excludes halogenated alkanes) is 2. The molecule has 0 aromatic carbocycles. The Hall–Kier alpha value is -1.70. The van der Waals surface area contributed by atoms with Crippen molar-refractivity contribution in [1.29, 1.82) is 0 Å². The van der Waals surface area contributed by atoms with Gasteiger partial charge in [0.1, 0.15) is 0 Å². The van der Waals surface area contributed by atoms with Gasteiger partial charge in [-0.1, -0.05) is 18.7 Å². The Morgan fingerprint density at radius 2 is 1.42 bits per heavy atom. The molecule has 0 radical (unpaired) electrons. The second-order valence-electron chi connectivity index (χ2n) is 5.21. The zero-order valence-corrected chi connectivity index (χ0v) is 17.3. The van der Waals surface area contributed by atoms with Crippen molar-refractivity contribution in [3.05, 3.63) is 38.2 Å². The summed E-state index contributed by atoms with van der Waals surface area (Å²) in [6.07, 6.45) is 5.19. The van der Waals surface area contributed by atoms with Crippen molar-refractivity contribution in [2.45, 2.75) is 51.0 Å².